The van der Waals surface area contributed by atoms with E-state index >= 15 is 0 Å². The Labute approximate surface area is 137 Å². The molecule has 0 aliphatic carbocycles. The molecule has 0 radical (unpaired) electrons. The Morgan fingerprint density at radius 2 is 1.83 bits per heavy atom. The van der Waals surface area contributed by atoms with Crippen LogP contribution in [-0.2, 0) is 6.42 Å². The predicted molar refractivity (Wildman–Crippen MR) is 93.6 cm³/mol. The van der Waals surface area contributed by atoms with Crippen molar-refractivity contribution in [1.82, 2.24) is 4.90 Å². The Morgan fingerprint density at radius 1 is 1.13 bits per heavy atom. The third kappa shape index (κ3) is 4.97. The number of aliphatic hydroxyl groups is 1. The van der Waals surface area contributed by atoms with Gasteiger partial charge in [0, 0.05) is 18.8 Å². The van der Waals surface area contributed by atoms with Crippen LogP contribution in [0.4, 0.5) is 10.5 Å². The Bertz CT molecular complexity index is 641. The lowest BCUT2D eigenvalue weighted by Crippen LogP contribution is -2.37. The van der Waals surface area contributed by atoms with E-state index in [-0.39, 0.29) is 19.2 Å². The number of nitrogens with zero attached hydrogens (tertiary/aromatic N) is 1. The van der Waals surface area contributed by atoms with E-state index in [4.69, 9.17) is 5.11 Å². The summed E-state index contributed by atoms with van der Waals surface area (Å²) in [5.74, 6) is 0. The zero-order valence-corrected chi connectivity index (χ0v) is 13.1. The lowest BCUT2D eigenvalue weighted by atomic mass is 10.0. The monoisotopic (exact) mass is 310 g/mol. The van der Waals surface area contributed by atoms with Crippen molar-refractivity contribution in [2.45, 2.75) is 6.42 Å². The molecule has 4 nitrogen and oxygen atoms in total. The Hall–Kier alpha value is -2.59. The molecule has 0 aromatic heterocycles. The minimum atomic E-state index is -0.237. The second-order valence-electron chi connectivity index (χ2n) is 5.21. The highest BCUT2D eigenvalue weighted by atomic mass is 16.3. The topological polar surface area (TPSA) is 52.6 Å². The maximum absolute atomic E-state index is 12.4. The summed E-state index contributed by atoms with van der Waals surface area (Å²) in [6.45, 7) is 4.24. The van der Waals surface area contributed by atoms with Crippen molar-refractivity contribution in [1.29, 1.82) is 0 Å². The fourth-order valence-electron chi connectivity index (χ4n) is 2.36. The van der Waals surface area contributed by atoms with Gasteiger partial charge < -0.3 is 15.3 Å². The van der Waals surface area contributed by atoms with Gasteiger partial charge in [-0.05, 0) is 23.6 Å². The maximum atomic E-state index is 12.4. The molecule has 23 heavy (non-hydrogen) atoms. The van der Waals surface area contributed by atoms with E-state index in [0.29, 0.717) is 6.54 Å². The first-order valence-electron chi connectivity index (χ1n) is 7.64. The first-order valence-corrected chi connectivity index (χ1v) is 7.64. The zero-order valence-electron chi connectivity index (χ0n) is 13.1. The van der Waals surface area contributed by atoms with Crippen molar-refractivity contribution in [3.05, 3.63) is 78.4 Å². The van der Waals surface area contributed by atoms with E-state index in [1.54, 1.807) is 6.08 Å². The molecule has 0 atom stereocenters. The Morgan fingerprint density at radius 3 is 2.52 bits per heavy atom. The predicted octanol–water partition coefficient (Wildman–Crippen LogP) is 3.29. The molecule has 0 fully saturated rings. The van der Waals surface area contributed by atoms with Gasteiger partial charge in [0.05, 0.1) is 6.61 Å². The summed E-state index contributed by atoms with van der Waals surface area (Å²) >= 11 is 0. The minimum Gasteiger partial charge on any atom is -0.395 e. The number of nitrogens with one attached hydrogen (secondary N) is 1. The molecule has 0 saturated carbocycles. The van der Waals surface area contributed by atoms with Gasteiger partial charge in [0.25, 0.3) is 0 Å². The molecule has 0 aliphatic rings. The second kappa shape index (κ2) is 8.76. The van der Waals surface area contributed by atoms with E-state index in [9.17, 15) is 4.79 Å². The molecule has 2 aromatic rings. The van der Waals surface area contributed by atoms with Gasteiger partial charge in [0.1, 0.15) is 0 Å². The van der Waals surface area contributed by atoms with Crippen LogP contribution in [0.2, 0.25) is 0 Å². The first-order chi connectivity index (χ1) is 11.2. The van der Waals surface area contributed by atoms with Crippen LogP contribution in [0.5, 0.6) is 0 Å². The van der Waals surface area contributed by atoms with E-state index < -0.39 is 0 Å². The molecule has 0 unspecified atom stereocenters. The number of para-hydroxylation sites is 1. The van der Waals surface area contributed by atoms with Gasteiger partial charge in [0.15, 0.2) is 0 Å². The largest absolute Gasteiger partial charge is 0.395 e. The lowest BCUT2D eigenvalue weighted by molar-refractivity contribution is 0.195. The average Bonchev–Trinajstić information content (AvgIpc) is 2.57. The van der Waals surface area contributed by atoms with Crippen LogP contribution in [0.3, 0.4) is 0 Å². The summed E-state index contributed by atoms with van der Waals surface area (Å²) in [5, 5.41) is 12.0. The normalized spacial score (nSPS) is 10.1. The molecular weight excluding hydrogens is 288 g/mol. The van der Waals surface area contributed by atoms with Crippen molar-refractivity contribution in [2.24, 2.45) is 0 Å². The van der Waals surface area contributed by atoms with Crippen LogP contribution >= 0.6 is 0 Å². The number of rotatable bonds is 7. The fraction of sp³-hybridized carbons (Fsp3) is 0.211. The van der Waals surface area contributed by atoms with Crippen LogP contribution in [0, 0.1) is 0 Å². The van der Waals surface area contributed by atoms with Gasteiger partial charge in [0.2, 0.25) is 0 Å². The number of carbonyl (C=O) groups is 1. The molecule has 0 spiro atoms. The molecule has 2 aromatic carbocycles. The van der Waals surface area contributed by atoms with E-state index in [2.05, 4.69) is 24.0 Å². The van der Waals surface area contributed by atoms with Crippen LogP contribution in [-0.4, -0.2) is 35.7 Å². The summed E-state index contributed by atoms with van der Waals surface area (Å²) in [6.07, 6.45) is 2.39. The van der Waals surface area contributed by atoms with Gasteiger partial charge >= 0.3 is 6.03 Å². The molecule has 120 valence electrons. The highest BCUT2D eigenvalue weighted by Gasteiger charge is 2.13. The van der Waals surface area contributed by atoms with Gasteiger partial charge in [-0.25, -0.2) is 4.79 Å². The Balaban J connectivity index is 2.13. The first kappa shape index (κ1) is 16.8. The third-order valence-corrected chi connectivity index (χ3v) is 3.50. The van der Waals surface area contributed by atoms with E-state index in [1.807, 2.05) is 42.5 Å². The lowest BCUT2D eigenvalue weighted by Gasteiger charge is -2.21. The van der Waals surface area contributed by atoms with Gasteiger partial charge in [-0.2, -0.15) is 0 Å². The summed E-state index contributed by atoms with van der Waals surface area (Å²) in [7, 11) is 0. The number of urea groups is 1. The fourth-order valence-corrected chi connectivity index (χ4v) is 2.36. The number of hydrogen-bond donors (Lipinski definition) is 2. The molecule has 4 heteroatoms. The van der Waals surface area contributed by atoms with Crippen LogP contribution in [0.25, 0.3) is 0 Å². The standard InChI is InChI=1S/C19H22N2O2/c1-2-12-21(13-14-22)19(23)20-18-11-7-6-10-17(18)15-16-8-4-3-5-9-16/h2-11,22H,1,12-15H2,(H,20,23). The number of anilines is 1. The van der Waals surface area contributed by atoms with Crippen molar-refractivity contribution in [3.63, 3.8) is 0 Å². The van der Waals surface area contributed by atoms with E-state index in [0.717, 1.165) is 17.7 Å². The summed E-state index contributed by atoms with van der Waals surface area (Å²) in [4.78, 5) is 13.9. The Kier molecular flexibility index (Phi) is 6.39. The highest BCUT2D eigenvalue weighted by Crippen LogP contribution is 2.19. The van der Waals surface area contributed by atoms with Crippen molar-refractivity contribution < 1.29 is 9.90 Å². The smallest absolute Gasteiger partial charge is 0.322 e. The number of amides is 2. The third-order valence-electron chi connectivity index (χ3n) is 3.50. The van der Waals surface area contributed by atoms with Gasteiger partial charge in [-0.15, -0.1) is 6.58 Å². The van der Waals surface area contributed by atoms with Crippen molar-refractivity contribution in [3.8, 4) is 0 Å². The number of hydrogen-bond acceptors (Lipinski definition) is 2. The van der Waals surface area contributed by atoms with E-state index in [1.165, 1.54) is 10.5 Å². The molecule has 0 bridgehead atoms. The van der Waals surface area contributed by atoms with Crippen molar-refractivity contribution >= 4 is 11.7 Å². The maximum Gasteiger partial charge on any atom is 0.322 e. The molecular formula is C19H22N2O2. The molecule has 0 heterocycles. The molecule has 0 aliphatic heterocycles. The minimum absolute atomic E-state index is 0.0765. The zero-order chi connectivity index (χ0) is 16.5. The SMILES string of the molecule is C=CCN(CCO)C(=O)Nc1ccccc1Cc1ccccc1. The molecule has 2 amide bonds. The number of carbonyl (C=O) groups excluding carboxylic acids is 1. The van der Waals surface area contributed by atoms with Crippen molar-refractivity contribution in [2.75, 3.05) is 25.0 Å². The summed E-state index contributed by atoms with van der Waals surface area (Å²) in [6, 6.07) is 17.6. The quantitative estimate of drug-likeness (QED) is 0.771. The second-order valence-corrected chi connectivity index (χ2v) is 5.21. The summed E-state index contributed by atoms with van der Waals surface area (Å²) in [5.41, 5.74) is 3.02. The van der Waals surface area contributed by atoms with Crippen LogP contribution in [0.1, 0.15) is 11.1 Å². The number of benzene rings is 2. The summed E-state index contributed by atoms with van der Waals surface area (Å²) < 4.78 is 0. The molecule has 2 N–H and O–H groups in total. The van der Waals surface area contributed by atoms with Gasteiger partial charge in [-0.1, -0.05) is 54.6 Å². The van der Waals surface area contributed by atoms with Crippen LogP contribution in [0.15, 0.2) is 67.3 Å². The number of aliphatic hydroxyl groups excluding tert-OH is 1. The average molecular weight is 310 g/mol. The molecule has 2 rings (SSSR count). The van der Waals surface area contributed by atoms with Gasteiger partial charge in [-0.3, -0.25) is 0 Å². The molecule has 0 saturated heterocycles. The van der Waals surface area contributed by atoms with Crippen LogP contribution < -0.4 is 5.32 Å². The highest BCUT2D eigenvalue weighted by molar-refractivity contribution is 5.90.